The van der Waals surface area contributed by atoms with E-state index >= 15 is 0 Å². The van der Waals surface area contributed by atoms with E-state index in [2.05, 4.69) is 34.6 Å². The van der Waals surface area contributed by atoms with Crippen LogP contribution in [0.5, 0.6) is 0 Å². The molecule has 0 nitrogen and oxygen atoms in total. The molecule has 0 heterocycles. The van der Waals surface area contributed by atoms with Crippen LogP contribution in [0.4, 0.5) is 0 Å². The van der Waals surface area contributed by atoms with Crippen LogP contribution < -0.4 is 0 Å². The highest BCUT2D eigenvalue weighted by atomic mass is 14.7. The van der Waals surface area contributed by atoms with E-state index in [0.717, 1.165) is 41.4 Å². The summed E-state index contributed by atoms with van der Waals surface area (Å²) in [6, 6.07) is 0. The Labute approximate surface area is 164 Å². The predicted octanol–water partition coefficient (Wildman–Crippen LogP) is 8.11. The third kappa shape index (κ3) is 2.75. The molecule has 4 saturated carbocycles. The van der Waals surface area contributed by atoms with Crippen molar-refractivity contribution in [3.05, 3.63) is 0 Å². The monoisotopic (exact) mass is 358 g/mol. The lowest BCUT2D eigenvalue weighted by Gasteiger charge is -2.63. The molecule has 150 valence electrons. The molecule has 0 aliphatic heterocycles. The van der Waals surface area contributed by atoms with Crippen molar-refractivity contribution < 1.29 is 0 Å². The molecular weight excluding hydrogens is 312 g/mol. The summed E-state index contributed by atoms with van der Waals surface area (Å²) < 4.78 is 0. The lowest BCUT2D eigenvalue weighted by Crippen LogP contribution is -2.55. The summed E-state index contributed by atoms with van der Waals surface area (Å²) in [5.41, 5.74) is 1.36. The molecule has 0 saturated heterocycles. The lowest BCUT2D eigenvalue weighted by atomic mass is 9.42. The van der Waals surface area contributed by atoms with Gasteiger partial charge in [0.15, 0.2) is 0 Å². The molecule has 26 heavy (non-hydrogen) atoms. The molecule has 0 N–H and O–H groups in total. The van der Waals surface area contributed by atoms with Crippen LogP contribution >= 0.6 is 0 Å². The van der Waals surface area contributed by atoms with Crippen molar-refractivity contribution in [2.45, 2.75) is 112 Å². The molecule has 0 bridgehead atoms. The van der Waals surface area contributed by atoms with Gasteiger partial charge in [-0.2, -0.15) is 0 Å². The Morgan fingerprint density at radius 2 is 1.62 bits per heavy atom. The maximum Gasteiger partial charge on any atom is -0.0264 e. The topological polar surface area (TPSA) is 0 Å². The van der Waals surface area contributed by atoms with E-state index in [4.69, 9.17) is 0 Å². The van der Waals surface area contributed by atoms with Crippen LogP contribution in [0.25, 0.3) is 0 Å². The van der Waals surface area contributed by atoms with E-state index in [0.29, 0.717) is 10.8 Å². The summed E-state index contributed by atoms with van der Waals surface area (Å²) in [5, 5.41) is 0. The van der Waals surface area contributed by atoms with Crippen molar-refractivity contribution in [1.29, 1.82) is 0 Å². The van der Waals surface area contributed by atoms with Gasteiger partial charge in [0, 0.05) is 0 Å². The number of fused-ring (bicyclic) bond motifs is 5. The second-order valence-corrected chi connectivity index (χ2v) is 11.6. The first-order valence-electron chi connectivity index (χ1n) is 12.5. The smallest absolute Gasteiger partial charge is 0.0264 e. The Hall–Kier alpha value is 0. The fourth-order valence-corrected chi connectivity index (χ4v) is 9.65. The van der Waals surface area contributed by atoms with E-state index in [1.54, 1.807) is 44.9 Å². The molecule has 0 heteroatoms. The van der Waals surface area contributed by atoms with Gasteiger partial charge in [-0.15, -0.1) is 0 Å². The average Bonchev–Trinajstić information content (AvgIpc) is 2.98. The number of rotatable bonds is 4. The Kier molecular flexibility index (Phi) is 5.28. The van der Waals surface area contributed by atoms with Gasteiger partial charge in [0.1, 0.15) is 0 Å². The third-order valence-corrected chi connectivity index (χ3v) is 10.8. The molecule has 9 atom stereocenters. The molecule has 0 aromatic heterocycles. The zero-order valence-corrected chi connectivity index (χ0v) is 18.5. The number of hydrogen-bond donors (Lipinski definition) is 0. The first-order valence-corrected chi connectivity index (χ1v) is 12.5. The zero-order valence-electron chi connectivity index (χ0n) is 18.5. The summed E-state index contributed by atoms with van der Waals surface area (Å²) in [7, 11) is 0. The van der Waals surface area contributed by atoms with E-state index in [1.165, 1.54) is 32.1 Å². The first-order chi connectivity index (χ1) is 12.5. The second kappa shape index (κ2) is 7.11. The van der Waals surface area contributed by atoms with Gasteiger partial charge < -0.3 is 0 Å². The van der Waals surface area contributed by atoms with Gasteiger partial charge in [-0.3, -0.25) is 0 Å². The molecule has 0 spiro atoms. The van der Waals surface area contributed by atoms with Crippen LogP contribution in [0, 0.1) is 52.3 Å². The van der Waals surface area contributed by atoms with Gasteiger partial charge in [0.2, 0.25) is 0 Å². The molecule has 4 aliphatic carbocycles. The predicted molar refractivity (Wildman–Crippen MR) is 113 cm³/mol. The van der Waals surface area contributed by atoms with Crippen LogP contribution in [0.2, 0.25) is 0 Å². The van der Waals surface area contributed by atoms with Crippen LogP contribution in [0.1, 0.15) is 112 Å². The van der Waals surface area contributed by atoms with Gasteiger partial charge in [-0.05, 0) is 97.2 Å². The fourth-order valence-electron chi connectivity index (χ4n) is 9.65. The van der Waals surface area contributed by atoms with E-state index in [9.17, 15) is 0 Å². The molecule has 4 aliphatic rings. The largest absolute Gasteiger partial charge is 0.0654 e. The molecule has 4 rings (SSSR count). The van der Waals surface area contributed by atoms with Gasteiger partial charge in [0.05, 0.1) is 0 Å². The molecule has 0 radical (unpaired) electrons. The SMILES string of the molecule is CCC[C@@H](C)C1CCC2C3C[C@H](CC)C4CCCCC4(C)C3CCC21C. The minimum atomic E-state index is 0.673. The minimum Gasteiger partial charge on any atom is -0.0654 e. The van der Waals surface area contributed by atoms with Crippen molar-refractivity contribution in [3.8, 4) is 0 Å². The Morgan fingerprint density at radius 1 is 0.846 bits per heavy atom. The highest BCUT2D eigenvalue weighted by Crippen LogP contribution is 2.69. The highest BCUT2D eigenvalue weighted by Gasteiger charge is 2.61. The fraction of sp³-hybridized carbons (Fsp3) is 1.00. The summed E-state index contributed by atoms with van der Waals surface area (Å²) in [6.45, 7) is 13.0. The first kappa shape index (κ1) is 19.3. The minimum absolute atomic E-state index is 0.673. The Morgan fingerprint density at radius 3 is 2.35 bits per heavy atom. The lowest BCUT2D eigenvalue weighted by molar-refractivity contribution is -0.138. The molecule has 0 amide bonds. The molecular formula is C26H46. The normalized spacial score (nSPS) is 52.0. The van der Waals surface area contributed by atoms with Gasteiger partial charge in [-0.1, -0.05) is 66.7 Å². The van der Waals surface area contributed by atoms with E-state index in [-0.39, 0.29) is 0 Å². The van der Waals surface area contributed by atoms with Crippen LogP contribution in [0.3, 0.4) is 0 Å². The van der Waals surface area contributed by atoms with E-state index < -0.39 is 0 Å². The van der Waals surface area contributed by atoms with E-state index in [1.807, 2.05) is 0 Å². The summed E-state index contributed by atoms with van der Waals surface area (Å²) in [6.07, 6.45) is 18.2. The molecule has 0 aromatic rings. The van der Waals surface area contributed by atoms with Gasteiger partial charge in [0.25, 0.3) is 0 Å². The summed E-state index contributed by atoms with van der Waals surface area (Å²) in [4.78, 5) is 0. The molecule has 0 aromatic carbocycles. The maximum atomic E-state index is 2.76. The Bertz CT molecular complexity index is 494. The van der Waals surface area contributed by atoms with Crippen molar-refractivity contribution in [2.24, 2.45) is 52.3 Å². The van der Waals surface area contributed by atoms with Crippen molar-refractivity contribution >= 4 is 0 Å². The zero-order chi connectivity index (χ0) is 18.5. The van der Waals surface area contributed by atoms with Gasteiger partial charge in [-0.25, -0.2) is 0 Å². The standard InChI is InChI=1S/C26H46/c1-6-10-18(3)21-12-13-23-20-17-19(7-2)22-11-8-9-15-25(22,4)24(20)14-16-26(21,23)5/h18-24H,6-17H2,1-5H3/t18-,19+,20?,21?,22?,23?,24?,25?,26?/m1/s1. The van der Waals surface area contributed by atoms with Crippen molar-refractivity contribution in [2.75, 3.05) is 0 Å². The molecule has 7 unspecified atom stereocenters. The van der Waals surface area contributed by atoms with Crippen molar-refractivity contribution in [3.63, 3.8) is 0 Å². The Balaban J connectivity index is 1.62. The highest BCUT2D eigenvalue weighted by molar-refractivity contribution is 5.10. The second-order valence-electron chi connectivity index (χ2n) is 11.6. The summed E-state index contributed by atoms with van der Waals surface area (Å²) in [5.74, 6) is 7.25. The molecule has 4 fully saturated rings. The maximum absolute atomic E-state index is 2.76. The average molecular weight is 359 g/mol. The van der Waals surface area contributed by atoms with Gasteiger partial charge >= 0.3 is 0 Å². The number of hydrogen-bond acceptors (Lipinski definition) is 0. The van der Waals surface area contributed by atoms with Crippen LogP contribution in [-0.2, 0) is 0 Å². The third-order valence-electron chi connectivity index (χ3n) is 10.8. The van der Waals surface area contributed by atoms with Crippen LogP contribution in [-0.4, -0.2) is 0 Å². The van der Waals surface area contributed by atoms with Crippen LogP contribution in [0.15, 0.2) is 0 Å². The quantitative estimate of drug-likeness (QED) is 0.476. The van der Waals surface area contributed by atoms with Crippen molar-refractivity contribution in [1.82, 2.24) is 0 Å². The summed E-state index contributed by atoms with van der Waals surface area (Å²) >= 11 is 0.